The highest BCUT2D eigenvalue weighted by Gasteiger charge is 2.15. The lowest BCUT2D eigenvalue weighted by Gasteiger charge is -2.19. The molecular formula is C13H19ClF2N2. The molecule has 0 bridgehead atoms. The average molecular weight is 277 g/mol. The molecule has 0 amide bonds. The van der Waals surface area contributed by atoms with Gasteiger partial charge in [-0.05, 0) is 30.5 Å². The molecule has 102 valence electrons. The van der Waals surface area contributed by atoms with Crippen molar-refractivity contribution in [1.82, 2.24) is 0 Å². The maximum atomic E-state index is 12.2. The molecule has 2 nitrogen and oxygen atoms in total. The summed E-state index contributed by atoms with van der Waals surface area (Å²) in [5.74, 6) is 0. The normalized spacial score (nSPS) is 16.8. The molecular weight excluding hydrogens is 258 g/mol. The molecule has 0 saturated carbocycles. The van der Waals surface area contributed by atoms with Crippen LogP contribution in [0.25, 0.3) is 0 Å². The number of nitrogens with two attached hydrogens (primary N) is 1. The van der Waals surface area contributed by atoms with E-state index in [2.05, 4.69) is 4.90 Å². The van der Waals surface area contributed by atoms with Crippen molar-refractivity contribution in [3.63, 3.8) is 0 Å². The fourth-order valence-corrected chi connectivity index (χ4v) is 2.24. The van der Waals surface area contributed by atoms with Gasteiger partial charge in [-0.25, -0.2) is 8.78 Å². The summed E-state index contributed by atoms with van der Waals surface area (Å²) >= 11 is 0. The Morgan fingerprint density at radius 3 is 2.17 bits per heavy atom. The monoisotopic (exact) mass is 276 g/mol. The van der Waals surface area contributed by atoms with E-state index in [4.69, 9.17) is 5.73 Å². The van der Waals surface area contributed by atoms with Crippen molar-refractivity contribution in [2.24, 2.45) is 5.73 Å². The first-order chi connectivity index (χ1) is 8.16. The topological polar surface area (TPSA) is 29.3 Å². The smallest absolute Gasteiger partial charge is 0.240 e. The van der Waals surface area contributed by atoms with Crippen molar-refractivity contribution in [2.75, 3.05) is 18.0 Å². The first-order valence-corrected chi connectivity index (χ1v) is 6.05. The van der Waals surface area contributed by atoms with E-state index in [1.807, 2.05) is 24.3 Å². The molecule has 1 aromatic carbocycles. The van der Waals surface area contributed by atoms with Gasteiger partial charge in [-0.15, -0.1) is 12.4 Å². The van der Waals surface area contributed by atoms with Crippen molar-refractivity contribution in [1.29, 1.82) is 0 Å². The lowest BCUT2D eigenvalue weighted by molar-refractivity contribution is 0.128. The van der Waals surface area contributed by atoms with Gasteiger partial charge in [0, 0.05) is 31.2 Å². The zero-order valence-electron chi connectivity index (χ0n) is 10.2. The lowest BCUT2D eigenvalue weighted by atomic mass is 10.0. The van der Waals surface area contributed by atoms with E-state index in [1.165, 1.54) is 12.8 Å². The Balaban J connectivity index is 0.00000162. The van der Waals surface area contributed by atoms with Crippen LogP contribution in [-0.2, 0) is 0 Å². The van der Waals surface area contributed by atoms with Gasteiger partial charge in [0.25, 0.3) is 0 Å². The molecule has 0 unspecified atom stereocenters. The Bertz CT molecular complexity index is 351. The Hall–Kier alpha value is -0.870. The Kier molecular flexibility index (Phi) is 5.82. The number of hydrogen-bond acceptors (Lipinski definition) is 2. The summed E-state index contributed by atoms with van der Waals surface area (Å²) in [5, 5.41) is 0. The fraction of sp³-hybridized carbons (Fsp3) is 0.538. The minimum atomic E-state index is -2.34. The third-order valence-electron chi connectivity index (χ3n) is 3.22. The van der Waals surface area contributed by atoms with E-state index in [1.54, 1.807) is 0 Å². The number of alkyl halides is 2. The van der Waals surface area contributed by atoms with E-state index in [9.17, 15) is 8.78 Å². The van der Waals surface area contributed by atoms with Crippen molar-refractivity contribution < 1.29 is 8.78 Å². The van der Waals surface area contributed by atoms with Crippen LogP contribution in [0.2, 0.25) is 0 Å². The van der Waals surface area contributed by atoms with Crippen molar-refractivity contribution >= 4 is 18.1 Å². The van der Waals surface area contributed by atoms with Gasteiger partial charge >= 0.3 is 0 Å². The number of benzene rings is 1. The average Bonchev–Trinajstić information content (AvgIpc) is 2.82. The summed E-state index contributed by atoms with van der Waals surface area (Å²) in [5.41, 5.74) is 7.65. The first kappa shape index (κ1) is 15.2. The Labute approximate surface area is 113 Å². The number of anilines is 1. The number of nitrogens with zero attached hydrogens (tertiary/aromatic N) is 1. The highest BCUT2D eigenvalue weighted by Crippen LogP contribution is 2.24. The van der Waals surface area contributed by atoms with Crippen LogP contribution in [0.4, 0.5) is 14.5 Å². The summed E-state index contributed by atoms with van der Waals surface area (Å²) in [6.07, 6.45) is -0.161. The first-order valence-electron chi connectivity index (χ1n) is 6.05. The molecule has 1 aliphatic rings. The molecule has 1 fully saturated rings. The number of rotatable bonds is 4. The van der Waals surface area contributed by atoms with E-state index in [-0.39, 0.29) is 18.8 Å². The molecule has 2 N–H and O–H groups in total. The summed E-state index contributed by atoms with van der Waals surface area (Å²) in [6.45, 7) is 2.17. The van der Waals surface area contributed by atoms with Crippen LogP contribution in [0.1, 0.15) is 30.9 Å². The minimum absolute atomic E-state index is 0. The van der Waals surface area contributed by atoms with Gasteiger partial charge in [0.2, 0.25) is 6.43 Å². The Morgan fingerprint density at radius 2 is 1.67 bits per heavy atom. The second-order valence-electron chi connectivity index (χ2n) is 4.52. The molecule has 0 aromatic heterocycles. The summed E-state index contributed by atoms with van der Waals surface area (Å²) in [4.78, 5) is 2.31. The minimum Gasteiger partial charge on any atom is -0.372 e. The summed E-state index contributed by atoms with van der Waals surface area (Å²) < 4.78 is 24.4. The van der Waals surface area contributed by atoms with E-state index in [0.717, 1.165) is 24.3 Å². The van der Waals surface area contributed by atoms with Gasteiger partial charge in [-0.1, -0.05) is 12.1 Å². The molecule has 1 aromatic rings. The summed E-state index contributed by atoms with van der Waals surface area (Å²) in [6, 6.07) is 7.11. The highest BCUT2D eigenvalue weighted by atomic mass is 35.5. The number of halogens is 3. The third-order valence-corrected chi connectivity index (χ3v) is 3.22. The molecule has 0 spiro atoms. The van der Waals surface area contributed by atoms with Gasteiger partial charge in [-0.3, -0.25) is 0 Å². The van der Waals surface area contributed by atoms with Gasteiger partial charge < -0.3 is 10.6 Å². The van der Waals surface area contributed by atoms with E-state index in [0.29, 0.717) is 0 Å². The molecule has 0 aliphatic carbocycles. The SMILES string of the molecule is Cl.N[C@@H](CC(F)F)c1ccc(N2CCCC2)cc1. The van der Waals surface area contributed by atoms with E-state index < -0.39 is 12.5 Å². The van der Waals surface area contributed by atoms with Gasteiger partial charge in [-0.2, -0.15) is 0 Å². The van der Waals surface area contributed by atoms with Gasteiger partial charge in [0.1, 0.15) is 0 Å². The largest absolute Gasteiger partial charge is 0.372 e. The second-order valence-corrected chi connectivity index (χ2v) is 4.52. The van der Waals surface area contributed by atoms with Crippen LogP contribution in [0.3, 0.4) is 0 Å². The van der Waals surface area contributed by atoms with Gasteiger partial charge in [0.15, 0.2) is 0 Å². The van der Waals surface area contributed by atoms with Crippen LogP contribution in [0.15, 0.2) is 24.3 Å². The van der Waals surface area contributed by atoms with Crippen LogP contribution >= 0.6 is 12.4 Å². The standard InChI is InChI=1S/C13H18F2N2.ClH/c14-13(15)9-12(16)10-3-5-11(6-4-10)17-7-1-2-8-17;/h3-6,12-13H,1-2,7-9,16H2;1H/t12-;/m0./s1. The zero-order valence-corrected chi connectivity index (χ0v) is 11.0. The molecule has 1 atom stereocenters. The highest BCUT2D eigenvalue weighted by molar-refractivity contribution is 5.85. The second kappa shape index (κ2) is 6.90. The van der Waals surface area contributed by atoms with Crippen LogP contribution in [-0.4, -0.2) is 19.5 Å². The molecule has 18 heavy (non-hydrogen) atoms. The van der Waals surface area contributed by atoms with Crippen molar-refractivity contribution in [2.45, 2.75) is 31.7 Å². The predicted molar refractivity (Wildman–Crippen MR) is 72.7 cm³/mol. The van der Waals surface area contributed by atoms with Crippen molar-refractivity contribution in [3.05, 3.63) is 29.8 Å². The lowest BCUT2D eigenvalue weighted by Crippen LogP contribution is -2.18. The summed E-state index contributed by atoms with van der Waals surface area (Å²) in [7, 11) is 0. The molecule has 0 radical (unpaired) electrons. The maximum absolute atomic E-state index is 12.2. The molecule has 1 aliphatic heterocycles. The maximum Gasteiger partial charge on any atom is 0.240 e. The zero-order chi connectivity index (χ0) is 12.3. The molecule has 1 heterocycles. The molecule has 1 saturated heterocycles. The predicted octanol–water partition coefficient (Wildman–Crippen LogP) is 3.36. The number of hydrogen-bond donors (Lipinski definition) is 1. The van der Waals surface area contributed by atoms with E-state index >= 15 is 0 Å². The van der Waals surface area contributed by atoms with Crippen LogP contribution in [0, 0.1) is 0 Å². The van der Waals surface area contributed by atoms with Crippen LogP contribution in [0.5, 0.6) is 0 Å². The van der Waals surface area contributed by atoms with Crippen LogP contribution < -0.4 is 10.6 Å². The fourth-order valence-electron chi connectivity index (χ4n) is 2.24. The quantitative estimate of drug-likeness (QED) is 0.914. The Morgan fingerprint density at radius 1 is 1.11 bits per heavy atom. The van der Waals surface area contributed by atoms with Crippen molar-refractivity contribution in [3.8, 4) is 0 Å². The molecule has 5 heteroatoms. The van der Waals surface area contributed by atoms with Gasteiger partial charge in [0.05, 0.1) is 0 Å². The third kappa shape index (κ3) is 3.82. The molecule has 2 rings (SSSR count).